The molecule has 0 saturated heterocycles. The molecule has 0 bridgehead atoms. The van der Waals surface area contributed by atoms with Crippen LogP contribution in [0.3, 0.4) is 0 Å². The zero-order valence-electron chi connectivity index (χ0n) is 7.73. The fraction of sp³-hybridized carbons (Fsp3) is 0.556. The van der Waals surface area contributed by atoms with Crippen molar-refractivity contribution in [2.45, 2.75) is 19.8 Å². The molecule has 0 aromatic carbocycles. The number of hydrogen-bond donors (Lipinski definition) is 1. The first-order valence-corrected chi connectivity index (χ1v) is 4.18. The topological polar surface area (TPSA) is 63.3 Å². The van der Waals surface area contributed by atoms with Crippen LogP contribution in [0.5, 0.6) is 0 Å². The molecule has 0 radical (unpaired) electrons. The smallest absolute Gasteiger partial charge is 0.147 e. The second-order valence-electron chi connectivity index (χ2n) is 3.19. The number of rotatable bonds is 4. The van der Waals surface area contributed by atoms with Crippen molar-refractivity contribution in [3.8, 4) is 0 Å². The van der Waals surface area contributed by atoms with Crippen LogP contribution in [0.4, 0.5) is 0 Å². The summed E-state index contributed by atoms with van der Waals surface area (Å²) in [4.78, 5) is 10.7. The molecule has 1 N–H and O–H groups in total. The highest BCUT2D eigenvalue weighted by atomic mass is 16.5. The van der Waals surface area contributed by atoms with Crippen LogP contribution in [-0.4, -0.2) is 23.2 Å². The van der Waals surface area contributed by atoms with Gasteiger partial charge in [0, 0.05) is 12.7 Å². The van der Waals surface area contributed by atoms with Gasteiger partial charge in [0.2, 0.25) is 0 Å². The van der Waals surface area contributed by atoms with Crippen molar-refractivity contribution in [2.24, 2.45) is 5.92 Å². The molecule has 2 atom stereocenters. The minimum absolute atomic E-state index is 0.0385. The van der Waals surface area contributed by atoms with E-state index >= 15 is 0 Å². The summed E-state index contributed by atoms with van der Waals surface area (Å²) in [5.41, 5.74) is 0.743. The first-order valence-electron chi connectivity index (χ1n) is 4.18. The highest BCUT2D eigenvalue weighted by Gasteiger charge is 2.21. The van der Waals surface area contributed by atoms with Crippen molar-refractivity contribution >= 4 is 6.29 Å². The Labute approximate surface area is 76.5 Å². The van der Waals surface area contributed by atoms with Crippen LogP contribution < -0.4 is 0 Å². The third-order valence-corrected chi connectivity index (χ3v) is 2.02. The highest BCUT2D eigenvalue weighted by molar-refractivity contribution is 5.61. The van der Waals surface area contributed by atoms with Crippen molar-refractivity contribution in [2.75, 3.05) is 6.61 Å². The molecule has 0 aliphatic heterocycles. The summed E-state index contributed by atoms with van der Waals surface area (Å²) in [7, 11) is 0. The second-order valence-corrected chi connectivity index (χ2v) is 3.19. The summed E-state index contributed by atoms with van der Waals surface area (Å²) in [5.74, 6) is -0.00917. The van der Waals surface area contributed by atoms with E-state index < -0.39 is 5.92 Å². The average molecular weight is 183 g/mol. The minimum Gasteiger partial charge on any atom is -0.396 e. The fourth-order valence-corrected chi connectivity index (χ4v) is 1.14. The lowest BCUT2D eigenvalue weighted by molar-refractivity contribution is -0.110. The van der Waals surface area contributed by atoms with E-state index in [4.69, 9.17) is 9.63 Å². The molecule has 4 heteroatoms. The fourth-order valence-electron chi connectivity index (χ4n) is 1.14. The Bertz CT molecular complexity index is 282. The number of aryl methyl sites for hydroxylation is 1. The molecule has 1 aromatic rings. The van der Waals surface area contributed by atoms with E-state index in [0.717, 1.165) is 12.0 Å². The Kier molecular flexibility index (Phi) is 3.19. The molecule has 4 nitrogen and oxygen atoms in total. The average Bonchev–Trinajstić information content (AvgIpc) is 2.53. The second kappa shape index (κ2) is 4.18. The molecule has 72 valence electrons. The summed E-state index contributed by atoms with van der Waals surface area (Å²) in [6.45, 7) is 3.54. The van der Waals surface area contributed by atoms with Gasteiger partial charge in [-0.2, -0.15) is 0 Å². The zero-order valence-corrected chi connectivity index (χ0v) is 7.73. The molecule has 0 aliphatic rings. The van der Waals surface area contributed by atoms with Crippen LogP contribution in [0, 0.1) is 12.8 Å². The summed E-state index contributed by atoms with van der Waals surface area (Å²) in [5, 5.41) is 12.6. The predicted octanol–water partition coefficient (Wildman–Crippen LogP) is 0.894. The van der Waals surface area contributed by atoms with Crippen molar-refractivity contribution < 1.29 is 14.4 Å². The summed E-state index contributed by atoms with van der Waals surface area (Å²) >= 11 is 0. The Balaban J connectivity index is 2.83. The summed E-state index contributed by atoms with van der Waals surface area (Å²) in [6, 6.07) is 1.71. The van der Waals surface area contributed by atoms with Crippen molar-refractivity contribution in [3.63, 3.8) is 0 Å². The number of aromatic nitrogens is 1. The number of carbonyl (C=O) groups excluding carboxylic acids is 1. The van der Waals surface area contributed by atoms with Gasteiger partial charge in [-0.15, -0.1) is 0 Å². The van der Waals surface area contributed by atoms with Crippen molar-refractivity contribution in [1.82, 2.24) is 5.16 Å². The Hall–Kier alpha value is -1.16. The van der Waals surface area contributed by atoms with Crippen LogP contribution >= 0.6 is 0 Å². The third kappa shape index (κ3) is 2.15. The van der Waals surface area contributed by atoms with Crippen LogP contribution in [0.1, 0.15) is 24.3 Å². The number of aliphatic hydroxyl groups excluding tert-OH is 1. The van der Waals surface area contributed by atoms with Gasteiger partial charge < -0.3 is 14.4 Å². The molecular formula is C9H13NO3. The number of nitrogens with zero attached hydrogens (tertiary/aromatic N) is 1. The maximum Gasteiger partial charge on any atom is 0.147 e. The van der Waals surface area contributed by atoms with Gasteiger partial charge in [-0.25, -0.2) is 0 Å². The number of carbonyl (C=O) groups is 1. The van der Waals surface area contributed by atoms with Gasteiger partial charge in [-0.3, -0.25) is 0 Å². The van der Waals surface area contributed by atoms with E-state index in [1.165, 1.54) is 0 Å². The predicted molar refractivity (Wildman–Crippen MR) is 46.3 cm³/mol. The molecular weight excluding hydrogens is 170 g/mol. The monoisotopic (exact) mass is 183 g/mol. The van der Waals surface area contributed by atoms with Gasteiger partial charge in [0.1, 0.15) is 12.0 Å². The maximum absolute atomic E-state index is 10.7. The van der Waals surface area contributed by atoms with Gasteiger partial charge in [0.25, 0.3) is 0 Å². The summed E-state index contributed by atoms with van der Waals surface area (Å²) < 4.78 is 4.95. The molecule has 0 aliphatic carbocycles. The molecule has 1 heterocycles. The van der Waals surface area contributed by atoms with Gasteiger partial charge in [0.15, 0.2) is 0 Å². The van der Waals surface area contributed by atoms with Crippen LogP contribution in [0.25, 0.3) is 0 Å². The molecule has 1 rings (SSSR count). The van der Waals surface area contributed by atoms with E-state index in [-0.39, 0.29) is 12.5 Å². The van der Waals surface area contributed by atoms with Gasteiger partial charge in [0.05, 0.1) is 11.6 Å². The first-order chi connectivity index (χ1) is 6.19. The number of aliphatic hydroxyl groups is 1. The van der Waals surface area contributed by atoms with Crippen molar-refractivity contribution in [3.05, 3.63) is 17.5 Å². The Morgan fingerprint density at radius 1 is 1.77 bits per heavy atom. The Morgan fingerprint density at radius 3 is 2.85 bits per heavy atom. The largest absolute Gasteiger partial charge is 0.396 e. The number of hydrogen-bond acceptors (Lipinski definition) is 4. The van der Waals surface area contributed by atoms with Gasteiger partial charge in [-0.05, 0) is 12.8 Å². The molecule has 1 unspecified atom stereocenters. The minimum atomic E-state index is -0.397. The maximum atomic E-state index is 10.7. The molecule has 1 aromatic heterocycles. The van der Waals surface area contributed by atoms with E-state index in [2.05, 4.69) is 5.16 Å². The third-order valence-electron chi connectivity index (χ3n) is 2.02. The van der Waals surface area contributed by atoms with E-state index in [0.29, 0.717) is 5.76 Å². The Morgan fingerprint density at radius 2 is 2.46 bits per heavy atom. The standard InChI is InChI=1S/C9H13NO3/c1-6(4-11)8(5-12)9-3-7(2)10-13-9/h3,5-6,8,11H,4H2,1-2H3/t6?,8-/m0/s1. The van der Waals surface area contributed by atoms with E-state index in [1.54, 1.807) is 19.9 Å². The molecule has 0 spiro atoms. The van der Waals surface area contributed by atoms with Crippen molar-refractivity contribution in [1.29, 1.82) is 0 Å². The molecule has 0 amide bonds. The SMILES string of the molecule is Cc1cc([C@@H](C=O)C(C)CO)on1. The molecule has 0 fully saturated rings. The lowest BCUT2D eigenvalue weighted by Gasteiger charge is -2.11. The van der Waals surface area contributed by atoms with E-state index in [9.17, 15) is 4.79 Å². The zero-order chi connectivity index (χ0) is 9.84. The lowest BCUT2D eigenvalue weighted by Crippen LogP contribution is -2.14. The molecule has 13 heavy (non-hydrogen) atoms. The number of aldehydes is 1. The highest BCUT2D eigenvalue weighted by Crippen LogP contribution is 2.22. The van der Waals surface area contributed by atoms with Gasteiger partial charge in [-0.1, -0.05) is 12.1 Å². The molecule has 0 saturated carbocycles. The van der Waals surface area contributed by atoms with Crippen LogP contribution in [0.15, 0.2) is 10.6 Å². The quantitative estimate of drug-likeness (QED) is 0.704. The lowest BCUT2D eigenvalue weighted by atomic mass is 9.94. The van der Waals surface area contributed by atoms with Crippen LogP contribution in [0.2, 0.25) is 0 Å². The van der Waals surface area contributed by atoms with E-state index in [1.807, 2.05) is 0 Å². The van der Waals surface area contributed by atoms with Gasteiger partial charge >= 0.3 is 0 Å². The normalized spacial score (nSPS) is 15.3. The van der Waals surface area contributed by atoms with Crippen LogP contribution in [-0.2, 0) is 4.79 Å². The first kappa shape index (κ1) is 9.92. The summed E-state index contributed by atoms with van der Waals surface area (Å²) in [6.07, 6.45) is 0.779.